The number of hydrogen-bond donors (Lipinski definition) is 1. The number of anilines is 1. The van der Waals surface area contributed by atoms with Gasteiger partial charge in [-0.2, -0.15) is 0 Å². The van der Waals surface area contributed by atoms with Crippen molar-refractivity contribution in [3.05, 3.63) is 54.4 Å². The van der Waals surface area contributed by atoms with E-state index in [4.69, 9.17) is 0 Å². The van der Waals surface area contributed by atoms with Crippen molar-refractivity contribution >= 4 is 11.9 Å². The highest BCUT2D eigenvalue weighted by molar-refractivity contribution is 5.80. The predicted octanol–water partition coefficient (Wildman–Crippen LogP) is 2.13. The molecule has 7 heteroatoms. The lowest BCUT2D eigenvalue weighted by molar-refractivity contribution is 0.254. The van der Waals surface area contributed by atoms with Gasteiger partial charge in [0.25, 0.3) is 0 Å². The number of piperazine rings is 1. The molecule has 0 saturated carbocycles. The van der Waals surface area contributed by atoms with E-state index in [1.807, 2.05) is 25.5 Å². The highest BCUT2D eigenvalue weighted by atomic mass is 15.3. The number of aliphatic imine (C=N–C) groups is 1. The molecule has 166 valence electrons. The first-order valence-electron chi connectivity index (χ1n) is 11.6. The fraction of sp³-hybridized carbons (Fsp3) is 0.542. The van der Waals surface area contributed by atoms with E-state index in [1.165, 1.54) is 12.0 Å². The van der Waals surface area contributed by atoms with E-state index >= 15 is 0 Å². The van der Waals surface area contributed by atoms with Gasteiger partial charge in [0.1, 0.15) is 0 Å². The fourth-order valence-corrected chi connectivity index (χ4v) is 4.60. The molecule has 0 amide bonds. The third-order valence-corrected chi connectivity index (χ3v) is 6.31. The molecule has 2 aliphatic heterocycles. The molecule has 0 spiro atoms. The zero-order valence-corrected chi connectivity index (χ0v) is 18.7. The molecular formula is C24H35N7. The van der Waals surface area contributed by atoms with Crippen LogP contribution in [-0.2, 0) is 6.42 Å². The Morgan fingerprint density at radius 1 is 1.03 bits per heavy atom. The number of benzene rings is 1. The van der Waals surface area contributed by atoms with Crippen LogP contribution in [-0.4, -0.2) is 85.1 Å². The molecule has 1 aromatic heterocycles. The minimum absolute atomic E-state index is 0.714. The van der Waals surface area contributed by atoms with Crippen molar-refractivity contribution in [2.75, 3.05) is 64.3 Å². The quantitative estimate of drug-likeness (QED) is 0.420. The van der Waals surface area contributed by atoms with Gasteiger partial charge in [-0.1, -0.05) is 30.3 Å². The number of likely N-dealkylation sites (tertiary alicyclic amines) is 1. The van der Waals surface area contributed by atoms with Crippen LogP contribution in [0.2, 0.25) is 0 Å². The van der Waals surface area contributed by atoms with Crippen LogP contribution in [0.4, 0.5) is 5.95 Å². The second-order valence-electron chi connectivity index (χ2n) is 8.50. The molecule has 4 rings (SSSR count). The Hall–Kier alpha value is -2.67. The van der Waals surface area contributed by atoms with Gasteiger partial charge in [-0.05, 0) is 43.4 Å². The fourth-order valence-electron chi connectivity index (χ4n) is 4.60. The van der Waals surface area contributed by atoms with Gasteiger partial charge in [0.2, 0.25) is 5.95 Å². The van der Waals surface area contributed by atoms with Crippen LogP contribution in [0.3, 0.4) is 0 Å². The summed E-state index contributed by atoms with van der Waals surface area (Å²) >= 11 is 0. The van der Waals surface area contributed by atoms with E-state index < -0.39 is 0 Å². The highest BCUT2D eigenvalue weighted by Gasteiger charge is 2.25. The molecule has 31 heavy (non-hydrogen) atoms. The van der Waals surface area contributed by atoms with Gasteiger partial charge in [-0.15, -0.1) is 0 Å². The Labute approximate surface area is 186 Å². The summed E-state index contributed by atoms with van der Waals surface area (Å²) in [5.74, 6) is 2.62. The molecule has 0 bridgehead atoms. The SMILES string of the molecule is CN=C(NCCCN1CCN(c2ncccn2)CC1)N1CCC(Cc2ccccc2)C1. The third-order valence-electron chi connectivity index (χ3n) is 6.31. The third kappa shape index (κ3) is 6.17. The normalized spacial score (nSPS) is 20.3. The van der Waals surface area contributed by atoms with Crippen molar-refractivity contribution in [3.8, 4) is 0 Å². The number of nitrogens with zero attached hydrogens (tertiary/aromatic N) is 6. The minimum Gasteiger partial charge on any atom is -0.356 e. The largest absolute Gasteiger partial charge is 0.356 e. The van der Waals surface area contributed by atoms with Crippen molar-refractivity contribution in [1.29, 1.82) is 0 Å². The lowest BCUT2D eigenvalue weighted by Gasteiger charge is -2.34. The van der Waals surface area contributed by atoms with Gasteiger partial charge in [-0.25, -0.2) is 9.97 Å². The Bertz CT molecular complexity index is 803. The topological polar surface area (TPSA) is 59.9 Å². The highest BCUT2D eigenvalue weighted by Crippen LogP contribution is 2.20. The number of aromatic nitrogens is 2. The van der Waals surface area contributed by atoms with Crippen LogP contribution in [0, 0.1) is 5.92 Å². The summed E-state index contributed by atoms with van der Waals surface area (Å²) in [4.78, 5) is 20.5. The van der Waals surface area contributed by atoms with E-state index in [1.54, 1.807) is 0 Å². The van der Waals surface area contributed by atoms with Gasteiger partial charge in [0, 0.05) is 65.3 Å². The maximum absolute atomic E-state index is 4.54. The van der Waals surface area contributed by atoms with Crippen LogP contribution >= 0.6 is 0 Å². The Morgan fingerprint density at radius 3 is 2.55 bits per heavy atom. The summed E-state index contributed by atoms with van der Waals surface area (Å²) < 4.78 is 0. The molecule has 3 heterocycles. The monoisotopic (exact) mass is 421 g/mol. The summed E-state index contributed by atoms with van der Waals surface area (Å²) in [6, 6.07) is 12.7. The molecule has 2 aliphatic rings. The van der Waals surface area contributed by atoms with E-state index in [2.05, 4.69) is 65.3 Å². The number of hydrogen-bond acceptors (Lipinski definition) is 5. The number of guanidine groups is 1. The van der Waals surface area contributed by atoms with Crippen molar-refractivity contribution in [2.24, 2.45) is 10.9 Å². The smallest absolute Gasteiger partial charge is 0.225 e. The van der Waals surface area contributed by atoms with Gasteiger partial charge >= 0.3 is 0 Å². The molecule has 2 fully saturated rings. The van der Waals surface area contributed by atoms with Gasteiger partial charge in [0.15, 0.2) is 5.96 Å². The van der Waals surface area contributed by atoms with Crippen molar-refractivity contribution in [3.63, 3.8) is 0 Å². The minimum atomic E-state index is 0.714. The molecule has 2 aromatic rings. The Kier molecular flexibility index (Phi) is 7.71. The van der Waals surface area contributed by atoms with Crippen molar-refractivity contribution < 1.29 is 0 Å². The first-order chi connectivity index (χ1) is 15.3. The van der Waals surface area contributed by atoms with Crippen LogP contribution in [0.25, 0.3) is 0 Å². The Morgan fingerprint density at radius 2 is 1.81 bits per heavy atom. The first kappa shape index (κ1) is 21.6. The lowest BCUT2D eigenvalue weighted by atomic mass is 9.99. The molecular weight excluding hydrogens is 386 g/mol. The van der Waals surface area contributed by atoms with Gasteiger partial charge < -0.3 is 15.1 Å². The van der Waals surface area contributed by atoms with Gasteiger partial charge in [0.05, 0.1) is 0 Å². The second-order valence-corrected chi connectivity index (χ2v) is 8.50. The average molecular weight is 422 g/mol. The van der Waals surface area contributed by atoms with E-state index in [-0.39, 0.29) is 0 Å². The van der Waals surface area contributed by atoms with Crippen molar-refractivity contribution in [2.45, 2.75) is 19.3 Å². The van der Waals surface area contributed by atoms with Crippen LogP contribution in [0.15, 0.2) is 53.8 Å². The average Bonchev–Trinajstić information content (AvgIpc) is 3.29. The standard InChI is InChI=1S/C24H35N7/c1-25-23(31-14-9-22(20-31)19-21-7-3-2-4-8-21)26-12-6-13-29-15-17-30(18-16-29)24-27-10-5-11-28-24/h2-5,7-8,10-11,22H,6,9,12-20H2,1H3,(H,25,26). The molecule has 1 atom stereocenters. The Balaban J connectivity index is 1.13. The molecule has 1 unspecified atom stereocenters. The van der Waals surface area contributed by atoms with E-state index in [0.717, 1.165) is 77.1 Å². The molecule has 7 nitrogen and oxygen atoms in total. The summed E-state index contributed by atoms with van der Waals surface area (Å²) in [7, 11) is 1.90. The van der Waals surface area contributed by atoms with E-state index in [0.29, 0.717) is 5.92 Å². The molecule has 1 N–H and O–H groups in total. The summed E-state index contributed by atoms with van der Waals surface area (Å²) in [6.07, 6.45) is 7.16. The summed E-state index contributed by atoms with van der Waals surface area (Å²) in [5.41, 5.74) is 1.44. The van der Waals surface area contributed by atoms with Crippen LogP contribution in [0.1, 0.15) is 18.4 Å². The van der Waals surface area contributed by atoms with Crippen molar-refractivity contribution in [1.82, 2.24) is 25.1 Å². The molecule has 0 radical (unpaired) electrons. The predicted molar refractivity (Wildman–Crippen MR) is 126 cm³/mol. The summed E-state index contributed by atoms with van der Waals surface area (Å²) in [6.45, 7) is 8.41. The molecule has 1 aromatic carbocycles. The zero-order chi connectivity index (χ0) is 21.3. The lowest BCUT2D eigenvalue weighted by Crippen LogP contribution is -2.47. The number of nitrogens with one attached hydrogen (secondary N) is 1. The zero-order valence-electron chi connectivity index (χ0n) is 18.7. The second kappa shape index (κ2) is 11.1. The number of rotatable bonds is 7. The first-order valence-corrected chi connectivity index (χ1v) is 11.6. The maximum atomic E-state index is 4.54. The van der Waals surface area contributed by atoms with Crippen LogP contribution < -0.4 is 10.2 Å². The van der Waals surface area contributed by atoms with E-state index in [9.17, 15) is 0 Å². The maximum Gasteiger partial charge on any atom is 0.225 e. The van der Waals surface area contributed by atoms with Gasteiger partial charge in [-0.3, -0.25) is 9.89 Å². The molecule has 0 aliphatic carbocycles. The molecule has 2 saturated heterocycles. The summed E-state index contributed by atoms with van der Waals surface area (Å²) in [5, 5.41) is 3.59. The van der Waals surface area contributed by atoms with Crippen LogP contribution in [0.5, 0.6) is 0 Å².